The third-order valence-electron chi connectivity index (χ3n) is 1.70. The highest BCUT2D eigenvalue weighted by atomic mass is 16.5. The number of nitrogens with zero attached hydrogens (tertiary/aromatic N) is 1. The zero-order valence-corrected chi connectivity index (χ0v) is 5.97. The van der Waals surface area contributed by atoms with Gasteiger partial charge in [-0.3, -0.25) is 0 Å². The fourth-order valence-corrected chi connectivity index (χ4v) is 1.20. The molecule has 1 aliphatic rings. The van der Waals surface area contributed by atoms with Crippen molar-refractivity contribution in [3.8, 4) is 0 Å². The third kappa shape index (κ3) is 1.95. The monoisotopic (exact) mass is 128 g/mol. The lowest BCUT2D eigenvalue weighted by atomic mass is 10.3. The highest BCUT2D eigenvalue weighted by molar-refractivity contribution is 4.72. The number of hydrogen-bond donors (Lipinski definition) is 0. The predicted octanol–water partition coefficient (Wildman–Crippen LogP) is 0.541. The summed E-state index contributed by atoms with van der Waals surface area (Å²) in [4.78, 5) is 2.28. The molecule has 0 aliphatic carbocycles. The fourth-order valence-electron chi connectivity index (χ4n) is 1.20. The van der Waals surface area contributed by atoms with E-state index in [-0.39, 0.29) is 0 Å². The molecule has 0 spiro atoms. The van der Waals surface area contributed by atoms with Crippen LogP contribution in [0.25, 0.3) is 0 Å². The molecule has 1 fully saturated rings. The van der Waals surface area contributed by atoms with Crippen LogP contribution >= 0.6 is 0 Å². The molecule has 0 N–H and O–H groups in total. The van der Waals surface area contributed by atoms with E-state index in [0.717, 1.165) is 6.54 Å². The molecule has 9 heavy (non-hydrogen) atoms. The molecule has 1 radical (unpaired) electrons. The van der Waals surface area contributed by atoms with Gasteiger partial charge in [0.2, 0.25) is 0 Å². The van der Waals surface area contributed by atoms with Crippen molar-refractivity contribution in [3.05, 3.63) is 6.92 Å². The molecule has 0 bridgehead atoms. The van der Waals surface area contributed by atoms with E-state index in [9.17, 15) is 0 Å². The molecule has 53 valence electrons. The minimum atomic E-state index is 0.451. The second-order valence-electron chi connectivity index (χ2n) is 2.54. The Labute approximate surface area is 56.8 Å². The summed E-state index contributed by atoms with van der Waals surface area (Å²) in [5.41, 5.74) is 0. The summed E-state index contributed by atoms with van der Waals surface area (Å²) in [6.45, 7) is 6.49. The first kappa shape index (κ1) is 7.03. The minimum absolute atomic E-state index is 0.451. The van der Waals surface area contributed by atoms with Gasteiger partial charge in [-0.25, -0.2) is 0 Å². The van der Waals surface area contributed by atoms with Crippen LogP contribution in [0.2, 0.25) is 0 Å². The second kappa shape index (κ2) is 3.18. The van der Waals surface area contributed by atoms with Gasteiger partial charge in [-0.15, -0.1) is 0 Å². The molecule has 1 rings (SSSR count). The van der Waals surface area contributed by atoms with Crippen molar-refractivity contribution in [3.63, 3.8) is 0 Å². The first-order valence-corrected chi connectivity index (χ1v) is 3.42. The van der Waals surface area contributed by atoms with Crippen molar-refractivity contribution < 1.29 is 4.74 Å². The Morgan fingerprint density at radius 2 is 2.56 bits per heavy atom. The van der Waals surface area contributed by atoms with Crippen LogP contribution in [0, 0.1) is 6.92 Å². The third-order valence-corrected chi connectivity index (χ3v) is 1.70. The Morgan fingerprint density at radius 3 is 3.00 bits per heavy atom. The Bertz CT molecular complexity index is 83.0. The van der Waals surface area contributed by atoms with Gasteiger partial charge in [0.15, 0.2) is 0 Å². The molecule has 1 atom stereocenters. The van der Waals surface area contributed by atoms with Crippen molar-refractivity contribution in [2.75, 3.05) is 26.7 Å². The number of likely N-dealkylation sites (N-methyl/N-ethyl adjacent to an activating group) is 1. The van der Waals surface area contributed by atoms with E-state index in [2.05, 4.69) is 18.9 Å². The van der Waals surface area contributed by atoms with Gasteiger partial charge >= 0.3 is 0 Å². The zero-order chi connectivity index (χ0) is 6.69. The number of hydrogen-bond acceptors (Lipinski definition) is 2. The molecule has 1 heterocycles. The predicted molar refractivity (Wildman–Crippen MR) is 37.2 cm³/mol. The minimum Gasteiger partial charge on any atom is -0.377 e. The molecule has 2 heteroatoms. The maximum absolute atomic E-state index is 5.32. The van der Waals surface area contributed by atoms with Gasteiger partial charge in [-0.05, 0) is 20.4 Å². The number of likely N-dealkylation sites (tertiary alicyclic amines) is 1. The number of ether oxygens (including phenoxy) is 1. The molecule has 1 saturated heterocycles. The van der Waals surface area contributed by atoms with Crippen molar-refractivity contribution >= 4 is 0 Å². The molecule has 1 aliphatic heterocycles. The Morgan fingerprint density at radius 1 is 1.78 bits per heavy atom. The van der Waals surface area contributed by atoms with Crippen LogP contribution in [-0.4, -0.2) is 37.7 Å². The standard InChI is InChI=1S/C7H14NO/c1-3-9-7-4-5-8(2)6-7/h7H,1,3-6H2,2H3. The largest absolute Gasteiger partial charge is 0.377 e. The van der Waals surface area contributed by atoms with Gasteiger partial charge in [-0.1, -0.05) is 0 Å². The summed E-state index contributed by atoms with van der Waals surface area (Å²) in [5, 5.41) is 0. The van der Waals surface area contributed by atoms with E-state index in [4.69, 9.17) is 4.74 Å². The summed E-state index contributed by atoms with van der Waals surface area (Å²) in [6, 6.07) is 0. The molecule has 0 aromatic heterocycles. The van der Waals surface area contributed by atoms with Gasteiger partial charge in [0, 0.05) is 19.7 Å². The van der Waals surface area contributed by atoms with E-state index >= 15 is 0 Å². The van der Waals surface area contributed by atoms with Crippen LogP contribution in [0.4, 0.5) is 0 Å². The normalized spacial score (nSPS) is 29.3. The smallest absolute Gasteiger partial charge is 0.0714 e. The van der Waals surface area contributed by atoms with Crippen molar-refractivity contribution in [2.45, 2.75) is 12.5 Å². The zero-order valence-electron chi connectivity index (χ0n) is 5.97. The highest BCUT2D eigenvalue weighted by Gasteiger charge is 2.18. The van der Waals surface area contributed by atoms with Gasteiger partial charge in [0.1, 0.15) is 0 Å². The van der Waals surface area contributed by atoms with Gasteiger partial charge in [0.25, 0.3) is 0 Å². The van der Waals surface area contributed by atoms with E-state index in [1.807, 2.05) is 0 Å². The quantitative estimate of drug-likeness (QED) is 0.538. The topological polar surface area (TPSA) is 12.5 Å². The molecule has 0 saturated carbocycles. The van der Waals surface area contributed by atoms with Gasteiger partial charge < -0.3 is 9.64 Å². The van der Waals surface area contributed by atoms with Crippen LogP contribution < -0.4 is 0 Å². The summed E-state index contributed by atoms with van der Waals surface area (Å²) in [6.07, 6.45) is 1.62. The van der Waals surface area contributed by atoms with Crippen LogP contribution in [0.1, 0.15) is 6.42 Å². The van der Waals surface area contributed by atoms with E-state index in [0.29, 0.717) is 12.7 Å². The fraction of sp³-hybridized carbons (Fsp3) is 0.857. The second-order valence-corrected chi connectivity index (χ2v) is 2.54. The molecular formula is C7H14NO. The Kier molecular flexibility index (Phi) is 2.49. The molecule has 0 aromatic rings. The first-order valence-electron chi connectivity index (χ1n) is 3.42. The van der Waals surface area contributed by atoms with E-state index < -0.39 is 0 Å². The maximum Gasteiger partial charge on any atom is 0.0714 e. The van der Waals surface area contributed by atoms with Crippen LogP contribution in [-0.2, 0) is 4.74 Å². The lowest BCUT2D eigenvalue weighted by molar-refractivity contribution is 0.0813. The van der Waals surface area contributed by atoms with Gasteiger partial charge in [-0.2, -0.15) is 0 Å². The van der Waals surface area contributed by atoms with Crippen molar-refractivity contribution in [2.24, 2.45) is 0 Å². The average molecular weight is 128 g/mol. The molecule has 0 amide bonds. The molecule has 2 nitrogen and oxygen atoms in total. The molecule has 0 aromatic carbocycles. The van der Waals surface area contributed by atoms with Crippen LogP contribution in [0.5, 0.6) is 0 Å². The highest BCUT2D eigenvalue weighted by Crippen LogP contribution is 2.09. The van der Waals surface area contributed by atoms with E-state index in [1.54, 1.807) is 0 Å². The lowest BCUT2D eigenvalue weighted by Gasteiger charge is -2.08. The summed E-state index contributed by atoms with van der Waals surface area (Å²) < 4.78 is 5.32. The van der Waals surface area contributed by atoms with Crippen LogP contribution in [0.15, 0.2) is 0 Å². The molecule has 1 unspecified atom stereocenters. The maximum atomic E-state index is 5.32. The van der Waals surface area contributed by atoms with Crippen molar-refractivity contribution in [1.29, 1.82) is 0 Å². The lowest BCUT2D eigenvalue weighted by Crippen LogP contribution is -2.18. The van der Waals surface area contributed by atoms with Crippen LogP contribution in [0.3, 0.4) is 0 Å². The summed E-state index contributed by atoms with van der Waals surface area (Å²) >= 11 is 0. The average Bonchev–Trinajstić information content (AvgIpc) is 2.17. The Balaban J connectivity index is 2.14. The summed E-state index contributed by atoms with van der Waals surface area (Å²) in [7, 11) is 2.12. The van der Waals surface area contributed by atoms with E-state index in [1.165, 1.54) is 13.0 Å². The SMILES string of the molecule is [CH2]COC1CCN(C)C1. The first-order chi connectivity index (χ1) is 4.33. The molecular weight excluding hydrogens is 114 g/mol. The Hall–Kier alpha value is -0.0800. The number of rotatable bonds is 2. The van der Waals surface area contributed by atoms with Crippen molar-refractivity contribution in [1.82, 2.24) is 4.90 Å². The summed E-state index contributed by atoms with van der Waals surface area (Å²) in [5.74, 6) is 0. The van der Waals surface area contributed by atoms with Gasteiger partial charge in [0.05, 0.1) is 6.10 Å².